The van der Waals surface area contributed by atoms with Crippen LogP contribution in [0.1, 0.15) is 41.8 Å². The maximum atomic E-state index is 13.4. The number of carbonyl (C=O) groups is 2. The highest BCUT2D eigenvalue weighted by atomic mass is 19.4. The molecule has 1 N–H and O–H groups in total. The molecule has 2 aromatic rings. The summed E-state index contributed by atoms with van der Waals surface area (Å²) in [6, 6.07) is 2.46. The lowest BCUT2D eigenvalue weighted by atomic mass is 9.71. The fourth-order valence-electron chi connectivity index (χ4n) is 5.64. The summed E-state index contributed by atoms with van der Waals surface area (Å²) in [5.41, 5.74) is -1.36. The standard InChI is InChI=1S/C25H28F4N4O3/c1-23(2)6-20(23)22(36)32-13-24(14-32)12-31(10-17(24)11-34)21(35)16-7-30-33(9-16)8-15-3-4-18(26)5-19(15)25(27,28)29/h3-5,7,9,17,20,34H,6,8,10-14H2,1-2H3/t17?,20-/m1/s1. The van der Waals surface area contributed by atoms with E-state index >= 15 is 0 Å². The third-order valence-corrected chi connectivity index (χ3v) is 8.04. The third-order valence-electron chi connectivity index (χ3n) is 8.04. The van der Waals surface area contributed by atoms with Gasteiger partial charge in [-0.15, -0.1) is 0 Å². The van der Waals surface area contributed by atoms with E-state index < -0.39 is 17.6 Å². The minimum Gasteiger partial charge on any atom is -0.396 e. The van der Waals surface area contributed by atoms with E-state index in [0.717, 1.165) is 18.6 Å². The second-order valence-electron chi connectivity index (χ2n) is 11.1. The number of amides is 2. The maximum Gasteiger partial charge on any atom is 0.416 e. The average molecular weight is 509 g/mol. The van der Waals surface area contributed by atoms with Crippen LogP contribution in [0, 0.1) is 28.5 Å². The molecule has 2 aliphatic heterocycles. The number of aromatic nitrogens is 2. The molecule has 7 nitrogen and oxygen atoms in total. The lowest BCUT2D eigenvalue weighted by Crippen LogP contribution is -2.63. The Hall–Kier alpha value is -2.95. The van der Waals surface area contributed by atoms with Crippen molar-refractivity contribution in [2.75, 3.05) is 32.8 Å². The van der Waals surface area contributed by atoms with E-state index in [2.05, 4.69) is 18.9 Å². The molecule has 1 unspecified atom stereocenters. The molecule has 2 amide bonds. The van der Waals surface area contributed by atoms with Gasteiger partial charge >= 0.3 is 6.18 Å². The Morgan fingerprint density at radius 1 is 1.17 bits per heavy atom. The molecule has 1 aromatic carbocycles. The molecule has 1 aliphatic carbocycles. The van der Waals surface area contributed by atoms with Crippen LogP contribution in [0.5, 0.6) is 0 Å². The van der Waals surface area contributed by atoms with Gasteiger partial charge in [0, 0.05) is 56.2 Å². The van der Waals surface area contributed by atoms with Crippen LogP contribution >= 0.6 is 0 Å². The van der Waals surface area contributed by atoms with Crippen LogP contribution < -0.4 is 0 Å². The molecule has 5 rings (SSSR count). The number of nitrogens with zero attached hydrogens (tertiary/aromatic N) is 4. The van der Waals surface area contributed by atoms with E-state index in [0.29, 0.717) is 32.2 Å². The normalized spacial score (nSPS) is 24.2. The molecule has 11 heteroatoms. The van der Waals surface area contributed by atoms with Crippen molar-refractivity contribution in [3.63, 3.8) is 0 Å². The molecule has 3 fully saturated rings. The van der Waals surface area contributed by atoms with E-state index in [1.165, 1.54) is 17.1 Å². The van der Waals surface area contributed by atoms with Crippen LogP contribution in [0.4, 0.5) is 17.6 Å². The molecule has 3 aliphatic rings. The van der Waals surface area contributed by atoms with Crippen LogP contribution in [0.2, 0.25) is 0 Å². The first-order chi connectivity index (χ1) is 16.8. The van der Waals surface area contributed by atoms with Crippen LogP contribution in [-0.2, 0) is 17.5 Å². The number of carbonyl (C=O) groups excluding carboxylic acids is 2. The predicted octanol–water partition coefficient (Wildman–Crippen LogP) is 3.03. The van der Waals surface area contributed by atoms with Crippen LogP contribution in [-0.4, -0.2) is 69.3 Å². The smallest absolute Gasteiger partial charge is 0.396 e. The van der Waals surface area contributed by atoms with Crippen molar-refractivity contribution in [3.05, 3.63) is 53.1 Å². The van der Waals surface area contributed by atoms with Gasteiger partial charge in [0.15, 0.2) is 0 Å². The van der Waals surface area contributed by atoms with Gasteiger partial charge in [-0.1, -0.05) is 19.9 Å². The number of aliphatic hydroxyl groups excluding tert-OH is 1. The van der Waals surface area contributed by atoms with E-state index in [-0.39, 0.29) is 58.8 Å². The zero-order valence-electron chi connectivity index (χ0n) is 20.1. The third kappa shape index (κ3) is 4.27. The maximum absolute atomic E-state index is 13.4. The van der Waals surface area contributed by atoms with Crippen molar-refractivity contribution in [2.45, 2.75) is 33.0 Å². The Labute approximate surface area is 205 Å². The molecule has 2 atom stereocenters. The van der Waals surface area contributed by atoms with E-state index in [1.54, 1.807) is 4.90 Å². The first-order valence-corrected chi connectivity index (χ1v) is 11.9. The minimum absolute atomic E-state index is 0.0306. The highest BCUT2D eigenvalue weighted by Gasteiger charge is 2.60. The fraction of sp³-hybridized carbons (Fsp3) is 0.560. The van der Waals surface area contributed by atoms with Crippen molar-refractivity contribution in [1.82, 2.24) is 19.6 Å². The van der Waals surface area contributed by atoms with E-state index in [1.807, 2.05) is 4.90 Å². The Balaban J connectivity index is 1.26. The Bertz CT molecular complexity index is 1200. The highest BCUT2D eigenvalue weighted by molar-refractivity contribution is 5.94. The van der Waals surface area contributed by atoms with Gasteiger partial charge in [0.25, 0.3) is 5.91 Å². The largest absolute Gasteiger partial charge is 0.416 e. The Morgan fingerprint density at radius 2 is 1.83 bits per heavy atom. The second kappa shape index (κ2) is 8.29. The highest BCUT2D eigenvalue weighted by Crippen LogP contribution is 2.54. The molecular formula is C25H28F4N4O3. The molecule has 0 bridgehead atoms. The molecule has 3 heterocycles. The molecular weight excluding hydrogens is 480 g/mol. The number of halogens is 4. The SMILES string of the molecule is CC1(C)C[C@@H]1C(=O)N1CC2(CN(C(=O)c3cnn(Cc4ccc(F)cc4C(F)(F)F)c3)CC2CO)C1. The van der Waals surface area contributed by atoms with Gasteiger partial charge in [0.1, 0.15) is 5.82 Å². The zero-order valence-corrected chi connectivity index (χ0v) is 20.1. The van der Waals surface area contributed by atoms with Crippen molar-refractivity contribution in [3.8, 4) is 0 Å². The lowest BCUT2D eigenvalue weighted by Gasteiger charge is -2.50. The van der Waals surface area contributed by atoms with Gasteiger partial charge in [0.2, 0.25) is 5.91 Å². The summed E-state index contributed by atoms with van der Waals surface area (Å²) in [7, 11) is 0. The van der Waals surface area contributed by atoms with Gasteiger partial charge in [-0.3, -0.25) is 14.3 Å². The monoisotopic (exact) mass is 508 g/mol. The Kier molecular flexibility index (Phi) is 5.70. The quantitative estimate of drug-likeness (QED) is 0.630. The number of likely N-dealkylation sites (tertiary alicyclic amines) is 2. The van der Waals surface area contributed by atoms with Crippen molar-refractivity contribution in [2.24, 2.45) is 22.7 Å². The first kappa shape index (κ1) is 24.7. The van der Waals surface area contributed by atoms with E-state index in [4.69, 9.17) is 0 Å². The minimum atomic E-state index is -4.72. The number of benzene rings is 1. The predicted molar refractivity (Wildman–Crippen MR) is 120 cm³/mol. The van der Waals surface area contributed by atoms with Gasteiger partial charge in [-0.25, -0.2) is 4.39 Å². The summed E-state index contributed by atoms with van der Waals surface area (Å²) >= 11 is 0. The van der Waals surface area contributed by atoms with Crippen molar-refractivity contribution < 1.29 is 32.3 Å². The van der Waals surface area contributed by atoms with Crippen molar-refractivity contribution >= 4 is 11.8 Å². The fourth-order valence-corrected chi connectivity index (χ4v) is 5.64. The number of hydrogen-bond acceptors (Lipinski definition) is 4. The summed E-state index contributed by atoms with van der Waals surface area (Å²) < 4.78 is 54.5. The summed E-state index contributed by atoms with van der Waals surface area (Å²) in [6.45, 7) is 5.46. The summed E-state index contributed by atoms with van der Waals surface area (Å²) in [4.78, 5) is 29.3. The molecule has 0 radical (unpaired) electrons. The van der Waals surface area contributed by atoms with Crippen molar-refractivity contribution in [1.29, 1.82) is 0 Å². The van der Waals surface area contributed by atoms with Crippen LogP contribution in [0.15, 0.2) is 30.6 Å². The average Bonchev–Trinajstić information content (AvgIpc) is 3.14. The Morgan fingerprint density at radius 3 is 2.44 bits per heavy atom. The second-order valence-corrected chi connectivity index (χ2v) is 11.1. The van der Waals surface area contributed by atoms with Gasteiger partial charge in [-0.2, -0.15) is 18.3 Å². The molecule has 1 saturated carbocycles. The van der Waals surface area contributed by atoms with Gasteiger partial charge in [0.05, 0.1) is 23.9 Å². The first-order valence-electron chi connectivity index (χ1n) is 11.9. The van der Waals surface area contributed by atoms with Crippen LogP contribution in [0.3, 0.4) is 0 Å². The topological polar surface area (TPSA) is 78.7 Å². The van der Waals surface area contributed by atoms with Gasteiger partial charge < -0.3 is 14.9 Å². The number of rotatable bonds is 5. The summed E-state index contributed by atoms with van der Waals surface area (Å²) in [5.74, 6) is -1.32. The number of aliphatic hydroxyl groups is 1. The molecule has 36 heavy (non-hydrogen) atoms. The lowest BCUT2D eigenvalue weighted by molar-refractivity contribution is -0.148. The van der Waals surface area contributed by atoms with Crippen LogP contribution in [0.25, 0.3) is 0 Å². The van der Waals surface area contributed by atoms with Gasteiger partial charge in [-0.05, 0) is 29.5 Å². The summed E-state index contributed by atoms with van der Waals surface area (Å²) in [5, 5.41) is 14.0. The number of hydrogen-bond donors (Lipinski definition) is 1. The number of alkyl halides is 3. The zero-order chi connectivity index (χ0) is 26.0. The molecule has 1 aromatic heterocycles. The summed E-state index contributed by atoms with van der Waals surface area (Å²) in [6.07, 6.45) is -1.18. The molecule has 194 valence electrons. The molecule has 1 spiro atoms. The van der Waals surface area contributed by atoms with E-state index in [9.17, 15) is 32.3 Å². The molecule has 2 saturated heterocycles.